The SMILES string of the molecule is CC(=O)Oc1ccc(C(=O)OC[C@]2(C)S[C@H]3[C@H](NC(=O)OCC(Cl)(Cl)Cl)C(=O)N3C2C(=O)OCc2ccccc2)cc1OC(C)=O. The molecule has 2 aromatic carbocycles. The number of rotatable bonds is 10. The largest absolute Gasteiger partial charge is 0.461 e. The highest BCUT2D eigenvalue weighted by molar-refractivity contribution is 8.01. The molecule has 2 heterocycles. The number of alkyl halides is 3. The maximum Gasteiger partial charge on any atom is 0.408 e. The number of β-lactam (4-membered cyclic amide) rings is 1. The second kappa shape index (κ2) is 14.4. The number of carbonyl (C=O) groups excluding carboxylic acids is 6. The Morgan fingerprint density at radius 1 is 0.935 bits per heavy atom. The van der Waals surface area contributed by atoms with Crippen LogP contribution in [0.1, 0.15) is 36.7 Å². The van der Waals surface area contributed by atoms with Gasteiger partial charge in [-0.1, -0.05) is 65.1 Å². The van der Waals surface area contributed by atoms with Gasteiger partial charge in [-0.05, 0) is 30.7 Å². The molecule has 2 aromatic rings. The first-order chi connectivity index (χ1) is 21.6. The van der Waals surface area contributed by atoms with Gasteiger partial charge in [-0.3, -0.25) is 14.4 Å². The Labute approximate surface area is 282 Å². The fraction of sp³-hybridized carbons (Fsp3) is 0.379. The van der Waals surface area contributed by atoms with E-state index in [0.717, 1.165) is 31.7 Å². The first kappa shape index (κ1) is 35.1. The average Bonchev–Trinajstić information content (AvgIpc) is 3.26. The summed E-state index contributed by atoms with van der Waals surface area (Å²) in [5.74, 6) is -3.91. The van der Waals surface area contributed by atoms with Crippen LogP contribution in [0.2, 0.25) is 0 Å². The first-order valence-electron chi connectivity index (χ1n) is 13.5. The quantitative estimate of drug-likeness (QED) is 0.124. The normalized spacial score (nSPS) is 21.7. The van der Waals surface area contributed by atoms with Gasteiger partial charge < -0.3 is 33.9 Å². The maximum absolute atomic E-state index is 13.5. The Bertz CT molecular complexity index is 1540. The lowest BCUT2D eigenvalue weighted by molar-refractivity contribution is -0.165. The maximum atomic E-state index is 13.5. The van der Waals surface area contributed by atoms with Crippen molar-refractivity contribution < 1.29 is 52.5 Å². The van der Waals surface area contributed by atoms with E-state index in [2.05, 4.69) is 5.32 Å². The van der Waals surface area contributed by atoms with Crippen LogP contribution in [0.3, 0.4) is 0 Å². The summed E-state index contributed by atoms with van der Waals surface area (Å²) in [4.78, 5) is 76.4. The summed E-state index contributed by atoms with van der Waals surface area (Å²) in [5, 5.41) is 1.65. The molecule has 2 amide bonds. The van der Waals surface area contributed by atoms with Crippen molar-refractivity contribution in [1.82, 2.24) is 10.2 Å². The van der Waals surface area contributed by atoms with E-state index in [4.69, 9.17) is 58.5 Å². The van der Waals surface area contributed by atoms with E-state index < -0.39 is 68.5 Å². The van der Waals surface area contributed by atoms with Crippen molar-refractivity contribution in [2.45, 2.75) is 53.4 Å². The van der Waals surface area contributed by atoms with Crippen LogP contribution in [0.4, 0.5) is 4.79 Å². The number of amides is 2. The van der Waals surface area contributed by atoms with E-state index in [9.17, 15) is 28.8 Å². The Hall–Kier alpha value is -3.72. The first-order valence-corrected chi connectivity index (χ1v) is 15.5. The average molecular weight is 718 g/mol. The zero-order chi connectivity index (χ0) is 33.8. The van der Waals surface area contributed by atoms with Crippen molar-refractivity contribution in [2.24, 2.45) is 0 Å². The van der Waals surface area contributed by atoms with Crippen LogP contribution in [0.5, 0.6) is 11.5 Å². The van der Waals surface area contributed by atoms with Crippen LogP contribution in [-0.2, 0) is 40.0 Å². The third-order valence-electron chi connectivity index (χ3n) is 6.59. The molecule has 46 heavy (non-hydrogen) atoms. The second-order valence-electron chi connectivity index (χ2n) is 10.3. The van der Waals surface area contributed by atoms with Gasteiger partial charge in [-0.15, -0.1) is 11.8 Å². The highest BCUT2D eigenvalue weighted by Crippen LogP contribution is 2.51. The number of ether oxygens (including phenoxy) is 5. The Morgan fingerprint density at radius 2 is 1.59 bits per heavy atom. The molecule has 0 spiro atoms. The van der Waals surface area contributed by atoms with Crippen LogP contribution in [0.25, 0.3) is 0 Å². The summed E-state index contributed by atoms with van der Waals surface area (Å²) >= 11 is 18.0. The fourth-order valence-electron chi connectivity index (χ4n) is 4.65. The minimum Gasteiger partial charge on any atom is -0.461 e. The number of esters is 4. The topological polar surface area (TPSA) is 164 Å². The summed E-state index contributed by atoms with van der Waals surface area (Å²) in [7, 11) is 0. The van der Waals surface area contributed by atoms with Gasteiger partial charge in [0.15, 0.2) is 11.5 Å². The molecule has 4 atom stereocenters. The minimum absolute atomic E-state index is 0.0578. The Balaban J connectivity index is 1.52. The third-order valence-corrected chi connectivity index (χ3v) is 8.54. The predicted molar refractivity (Wildman–Crippen MR) is 165 cm³/mol. The molecule has 17 heteroatoms. The molecule has 0 bridgehead atoms. The number of fused-ring (bicyclic) bond motifs is 1. The standard InChI is InChI=1S/C29H27Cl3N2O11S/c1-15(35)44-19-10-9-18(11-20(19)45-16(2)36)25(38)42-13-28(3)22(26(39)41-12-17-7-5-4-6-8-17)34-23(37)21(24(34)46-28)33-27(40)43-14-29(30,31)32/h4-11,21-22,24H,12-14H2,1-3H3,(H,33,40)/t21-,22?,24+,28+/m1/s1. The number of hydrogen-bond donors (Lipinski definition) is 1. The molecule has 2 fully saturated rings. The van der Waals surface area contributed by atoms with E-state index in [1.165, 1.54) is 17.0 Å². The van der Waals surface area contributed by atoms with Gasteiger partial charge in [0.05, 0.1) is 10.3 Å². The van der Waals surface area contributed by atoms with Gasteiger partial charge >= 0.3 is 30.0 Å². The third kappa shape index (κ3) is 8.55. The molecule has 13 nitrogen and oxygen atoms in total. The van der Waals surface area contributed by atoms with Crippen molar-refractivity contribution in [2.75, 3.05) is 13.2 Å². The van der Waals surface area contributed by atoms with E-state index in [0.29, 0.717) is 5.56 Å². The molecule has 246 valence electrons. The summed E-state index contributed by atoms with van der Waals surface area (Å²) < 4.78 is 23.0. The van der Waals surface area contributed by atoms with E-state index in [1.807, 2.05) is 0 Å². The van der Waals surface area contributed by atoms with Gasteiger partial charge in [0.25, 0.3) is 0 Å². The van der Waals surface area contributed by atoms with Crippen LogP contribution in [-0.4, -0.2) is 80.0 Å². The van der Waals surface area contributed by atoms with Crippen molar-refractivity contribution in [3.8, 4) is 11.5 Å². The van der Waals surface area contributed by atoms with Crippen molar-refractivity contribution in [3.05, 3.63) is 59.7 Å². The minimum atomic E-state index is -1.87. The molecule has 2 aliphatic heterocycles. The molecule has 4 rings (SSSR count). The number of nitrogens with one attached hydrogen (secondary N) is 1. The van der Waals surface area contributed by atoms with Crippen molar-refractivity contribution in [1.29, 1.82) is 0 Å². The van der Waals surface area contributed by atoms with Crippen molar-refractivity contribution >= 4 is 82.4 Å². The van der Waals surface area contributed by atoms with Crippen LogP contribution in [0, 0.1) is 0 Å². The van der Waals surface area contributed by atoms with Gasteiger partial charge in [0, 0.05) is 13.8 Å². The zero-order valence-electron chi connectivity index (χ0n) is 24.5. The number of nitrogens with zero attached hydrogens (tertiary/aromatic N) is 1. The highest BCUT2D eigenvalue weighted by atomic mass is 35.6. The Morgan fingerprint density at radius 3 is 2.22 bits per heavy atom. The molecule has 2 aliphatic rings. The second-order valence-corrected chi connectivity index (χ2v) is 14.5. The van der Waals surface area contributed by atoms with Gasteiger partial charge in [-0.25, -0.2) is 14.4 Å². The molecule has 1 unspecified atom stereocenters. The summed E-state index contributed by atoms with van der Waals surface area (Å²) in [6.45, 7) is 2.85. The predicted octanol–water partition coefficient (Wildman–Crippen LogP) is 3.94. The zero-order valence-corrected chi connectivity index (χ0v) is 27.5. The molecule has 0 aromatic heterocycles. The summed E-state index contributed by atoms with van der Waals surface area (Å²) in [5.41, 5.74) is 0.649. The summed E-state index contributed by atoms with van der Waals surface area (Å²) in [6.07, 6.45) is -1.02. The van der Waals surface area contributed by atoms with Crippen LogP contribution in [0.15, 0.2) is 48.5 Å². The van der Waals surface area contributed by atoms with Crippen molar-refractivity contribution in [3.63, 3.8) is 0 Å². The molecule has 1 N–H and O–H groups in total. The fourth-order valence-corrected chi connectivity index (χ4v) is 6.49. The molecule has 0 radical (unpaired) electrons. The van der Waals surface area contributed by atoms with Crippen LogP contribution >= 0.6 is 46.6 Å². The number of thioether (sulfide) groups is 1. The smallest absolute Gasteiger partial charge is 0.408 e. The molecular formula is C29H27Cl3N2O11S. The van der Waals surface area contributed by atoms with E-state index in [1.54, 1.807) is 37.3 Å². The van der Waals surface area contributed by atoms with E-state index >= 15 is 0 Å². The number of carbonyl (C=O) groups is 6. The number of alkyl carbamates (subject to hydrolysis) is 1. The van der Waals surface area contributed by atoms with E-state index in [-0.39, 0.29) is 30.3 Å². The Kier molecular flexibility index (Phi) is 11.0. The number of halogens is 3. The van der Waals surface area contributed by atoms with Gasteiger partial charge in [-0.2, -0.15) is 0 Å². The lowest BCUT2D eigenvalue weighted by Crippen LogP contribution is -2.71. The molecule has 2 saturated heterocycles. The lowest BCUT2D eigenvalue weighted by Gasteiger charge is -2.43. The van der Waals surface area contributed by atoms with Gasteiger partial charge in [0.1, 0.15) is 37.3 Å². The molecule has 0 saturated carbocycles. The number of hydrogen-bond acceptors (Lipinski definition) is 12. The molecular weight excluding hydrogens is 691 g/mol. The lowest BCUT2D eigenvalue weighted by atomic mass is 9.95. The molecule has 0 aliphatic carbocycles. The monoisotopic (exact) mass is 716 g/mol. The van der Waals surface area contributed by atoms with Crippen LogP contribution < -0.4 is 14.8 Å². The number of benzene rings is 2. The highest BCUT2D eigenvalue weighted by Gasteiger charge is 2.66. The summed E-state index contributed by atoms with van der Waals surface area (Å²) in [6, 6.07) is 10.3. The van der Waals surface area contributed by atoms with Gasteiger partial charge in [0.2, 0.25) is 9.70 Å².